The molecule has 0 radical (unpaired) electrons. The van der Waals surface area contributed by atoms with Gasteiger partial charge in [0, 0.05) is 30.5 Å². The number of ether oxygens (including phenoxy) is 1. The molecule has 1 aliphatic rings. The Morgan fingerprint density at radius 3 is 3.00 bits per heavy atom. The molecule has 1 aromatic rings. The van der Waals surface area contributed by atoms with E-state index in [1.54, 1.807) is 19.1 Å². The first kappa shape index (κ1) is 15.4. The monoisotopic (exact) mass is 293 g/mol. The van der Waals surface area contributed by atoms with Crippen LogP contribution in [0.3, 0.4) is 0 Å². The molecule has 1 heterocycles. The number of amides is 1. The van der Waals surface area contributed by atoms with Crippen molar-refractivity contribution in [1.29, 1.82) is 0 Å². The van der Waals surface area contributed by atoms with Crippen molar-refractivity contribution in [3.63, 3.8) is 0 Å². The van der Waals surface area contributed by atoms with Crippen molar-refractivity contribution >= 4 is 17.3 Å². The van der Waals surface area contributed by atoms with Crippen molar-refractivity contribution in [1.82, 2.24) is 5.32 Å². The Kier molecular flexibility index (Phi) is 5.24. The molecule has 7 nitrogen and oxygen atoms in total. The van der Waals surface area contributed by atoms with Crippen LogP contribution in [-0.2, 0) is 9.53 Å². The molecule has 1 atom stereocenters. The number of nitrogens with one attached hydrogen (secondary N) is 2. The van der Waals surface area contributed by atoms with Crippen molar-refractivity contribution in [2.24, 2.45) is 0 Å². The van der Waals surface area contributed by atoms with Gasteiger partial charge in [-0.1, -0.05) is 6.07 Å². The van der Waals surface area contributed by atoms with Gasteiger partial charge in [-0.15, -0.1) is 0 Å². The van der Waals surface area contributed by atoms with Crippen LogP contribution in [0.1, 0.15) is 18.4 Å². The third-order valence-corrected chi connectivity index (χ3v) is 3.37. The van der Waals surface area contributed by atoms with Crippen LogP contribution >= 0.6 is 0 Å². The largest absolute Gasteiger partial charge is 0.377 e. The van der Waals surface area contributed by atoms with E-state index in [1.807, 2.05) is 0 Å². The predicted molar refractivity (Wildman–Crippen MR) is 78.3 cm³/mol. The maximum absolute atomic E-state index is 11.8. The molecule has 0 bridgehead atoms. The van der Waals surface area contributed by atoms with Crippen LogP contribution in [0, 0.1) is 17.0 Å². The van der Waals surface area contributed by atoms with E-state index in [1.165, 1.54) is 6.07 Å². The number of hydrogen-bond acceptors (Lipinski definition) is 5. The van der Waals surface area contributed by atoms with Crippen molar-refractivity contribution in [2.75, 3.05) is 25.0 Å². The molecular formula is C14H19N3O4. The lowest BCUT2D eigenvalue weighted by Crippen LogP contribution is -2.33. The van der Waals surface area contributed by atoms with Crippen LogP contribution in [0.5, 0.6) is 0 Å². The minimum atomic E-state index is -0.458. The molecule has 21 heavy (non-hydrogen) atoms. The highest BCUT2D eigenvalue weighted by atomic mass is 16.6. The van der Waals surface area contributed by atoms with E-state index in [2.05, 4.69) is 10.6 Å². The van der Waals surface area contributed by atoms with E-state index in [4.69, 9.17) is 4.74 Å². The second-order valence-electron chi connectivity index (χ2n) is 5.07. The fourth-order valence-corrected chi connectivity index (χ4v) is 2.24. The summed E-state index contributed by atoms with van der Waals surface area (Å²) >= 11 is 0. The highest BCUT2D eigenvalue weighted by Gasteiger charge is 2.15. The Hall–Kier alpha value is -1.99. The van der Waals surface area contributed by atoms with Gasteiger partial charge in [0.15, 0.2) is 0 Å². The molecule has 1 aromatic carbocycles. The quantitative estimate of drug-likeness (QED) is 0.614. The molecule has 1 aliphatic heterocycles. The van der Waals surface area contributed by atoms with Crippen LogP contribution < -0.4 is 10.6 Å². The zero-order valence-electron chi connectivity index (χ0n) is 11.9. The summed E-state index contributed by atoms with van der Waals surface area (Å²) in [5, 5.41) is 16.5. The van der Waals surface area contributed by atoms with Gasteiger partial charge in [0.25, 0.3) is 5.69 Å². The second-order valence-corrected chi connectivity index (χ2v) is 5.07. The van der Waals surface area contributed by atoms with Gasteiger partial charge in [-0.25, -0.2) is 0 Å². The summed E-state index contributed by atoms with van der Waals surface area (Å²) in [5.74, 6) is -0.230. The van der Waals surface area contributed by atoms with Crippen molar-refractivity contribution in [3.8, 4) is 0 Å². The summed E-state index contributed by atoms with van der Waals surface area (Å²) in [4.78, 5) is 22.2. The summed E-state index contributed by atoms with van der Waals surface area (Å²) in [6.45, 7) is 3.24. The highest BCUT2D eigenvalue weighted by molar-refractivity contribution is 5.92. The van der Waals surface area contributed by atoms with Gasteiger partial charge in [-0.2, -0.15) is 0 Å². The lowest BCUT2D eigenvalue weighted by Gasteiger charge is -2.11. The number of nitrogens with zero attached hydrogens (tertiary/aromatic N) is 1. The van der Waals surface area contributed by atoms with Gasteiger partial charge in [0.05, 0.1) is 17.6 Å². The minimum Gasteiger partial charge on any atom is -0.377 e. The van der Waals surface area contributed by atoms with Crippen LogP contribution in [0.2, 0.25) is 0 Å². The van der Waals surface area contributed by atoms with Gasteiger partial charge >= 0.3 is 0 Å². The third-order valence-electron chi connectivity index (χ3n) is 3.37. The van der Waals surface area contributed by atoms with Crippen LogP contribution in [0.25, 0.3) is 0 Å². The van der Waals surface area contributed by atoms with E-state index in [-0.39, 0.29) is 24.2 Å². The average molecular weight is 293 g/mol. The normalized spacial score (nSPS) is 17.7. The molecule has 2 rings (SSSR count). The standard InChI is InChI=1S/C14H19N3O4/c1-10-4-5-11(7-13(10)17(19)20)16-14(18)9-15-8-12-3-2-6-21-12/h4-5,7,12,15H,2-3,6,8-9H2,1H3,(H,16,18). The summed E-state index contributed by atoms with van der Waals surface area (Å²) in [6, 6.07) is 4.64. The number of carbonyl (C=O) groups is 1. The SMILES string of the molecule is Cc1ccc(NC(=O)CNCC2CCCO2)cc1[N+](=O)[O-]. The molecule has 0 aliphatic carbocycles. The summed E-state index contributed by atoms with van der Waals surface area (Å²) < 4.78 is 5.44. The number of nitro benzene ring substituents is 1. The lowest BCUT2D eigenvalue weighted by molar-refractivity contribution is -0.385. The Labute approximate surface area is 122 Å². The van der Waals surface area contributed by atoms with E-state index >= 15 is 0 Å². The molecule has 1 saturated heterocycles. The Bertz CT molecular complexity index is 527. The molecule has 114 valence electrons. The smallest absolute Gasteiger partial charge is 0.274 e. The number of nitro groups is 1. The number of aryl methyl sites for hydroxylation is 1. The van der Waals surface area contributed by atoms with Crippen molar-refractivity contribution in [2.45, 2.75) is 25.9 Å². The molecule has 1 unspecified atom stereocenters. The fourth-order valence-electron chi connectivity index (χ4n) is 2.24. The first-order valence-electron chi connectivity index (χ1n) is 6.93. The van der Waals surface area contributed by atoms with Crippen LogP contribution in [-0.4, -0.2) is 36.6 Å². The first-order chi connectivity index (χ1) is 10.1. The van der Waals surface area contributed by atoms with Gasteiger partial charge in [0.1, 0.15) is 0 Å². The lowest BCUT2D eigenvalue weighted by atomic mass is 10.2. The number of benzene rings is 1. The summed E-state index contributed by atoms with van der Waals surface area (Å²) in [6.07, 6.45) is 2.25. The zero-order chi connectivity index (χ0) is 15.2. The maximum Gasteiger partial charge on any atom is 0.274 e. The topological polar surface area (TPSA) is 93.5 Å². The van der Waals surface area contributed by atoms with Gasteiger partial charge < -0.3 is 15.4 Å². The van der Waals surface area contributed by atoms with E-state index in [0.29, 0.717) is 17.8 Å². The van der Waals surface area contributed by atoms with Crippen molar-refractivity contribution < 1.29 is 14.5 Å². The molecule has 0 aromatic heterocycles. The number of hydrogen-bond donors (Lipinski definition) is 2. The fraction of sp³-hybridized carbons (Fsp3) is 0.500. The minimum absolute atomic E-state index is 0.000106. The number of rotatable bonds is 6. The average Bonchev–Trinajstić information content (AvgIpc) is 2.94. The third kappa shape index (κ3) is 4.51. The molecular weight excluding hydrogens is 274 g/mol. The van der Waals surface area contributed by atoms with E-state index in [9.17, 15) is 14.9 Å². The molecule has 7 heteroatoms. The summed E-state index contributed by atoms with van der Waals surface area (Å²) in [5.41, 5.74) is 0.992. The molecule has 1 fully saturated rings. The molecule has 0 saturated carbocycles. The Morgan fingerprint density at radius 2 is 2.33 bits per heavy atom. The Morgan fingerprint density at radius 1 is 1.52 bits per heavy atom. The Balaban J connectivity index is 1.81. The van der Waals surface area contributed by atoms with Crippen LogP contribution in [0.4, 0.5) is 11.4 Å². The first-order valence-corrected chi connectivity index (χ1v) is 6.93. The highest BCUT2D eigenvalue weighted by Crippen LogP contribution is 2.22. The van der Waals surface area contributed by atoms with Gasteiger partial charge in [-0.3, -0.25) is 14.9 Å². The van der Waals surface area contributed by atoms with Crippen LogP contribution in [0.15, 0.2) is 18.2 Å². The molecule has 2 N–H and O–H groups in total. The predicted octanol–water partition coefficient (Wildman–Crippen LogP) is 1.61. The van der Waals surface area contributed by atoms with E-state index in [0.717, 1.165) is 19.4 Å². The maximum atomic E-state index is 11.8. The number of carbonyl (C=O) groups excluding carboxylic acids is 1. The van der Waals surface area contributed by atoms with Crippen molar-refractivity contribution in [3.05, 3.63) is 33.9 Å². The number of anilines is 1. The second kappa shape index (κ2) is 7.14. The van der Waals surface area contributed by atoms with Gasteiger partial charge in [-0.05, 0) is 25.8 Å². The van der Waals surface area contributed by atoms with E-state index < -0.39 is 4.92 Å². The molecule has 1 amide bonds. The summed E-state index contributed by atoms with van der Waals surface area (Å²) in [7, 11) is 0. The van der Waals surface area contributed by atoms with Gasteiger partial charge in [0.2, 0.25) is 5.91 Å². The molecule has 0 spiro atoms. The zero-order valence-corrected chi connectivity index (χ0v) is 11.9.